The van der Waals surface area contributed by atoms with E-state index in [-0.39, 0.29) is 18.5 Å². The van der Waals surface area contributed by atoms with Crippen LogP contribution in [-0.4, -0.2) is 54.4 Å². The van der Waals surface area contributed by atoms with E-state index >= 15 is 0 Å². The van der Waals surface area contributed by atoms with Crippen molar-refractivity contribution in [2.75, 3.05) is 26.2 Å². The molecule has 0 saturated carbocycles. The first-order chi connectivity index (χ1) is 9.93. The Morgan fingerprint density at radius 3 is 2.67 bits per heavy atom. The number of furan rings is 1. The van der Waals surface area contributed by atoms with E-state index in [0.29, 0.717) is 25.4 Å². The third-order valence-corrected chi connectivity index (χ3v) is 4.22. The quantitative estimate of drug-likeness (QED) is 0.858. The predicted molar refractivity (Wildman–Crippen MR) is 75.7 cm³/mol. The molecule has 1 fully saturated rings. The third kappa shape index (κ3) is 3.43. The lowest BCUT2D eigenvalue weighted by atomic mass is 10.1. The number of hydrogen-bond donors (Lipinski definition) is 0. The molecule has 1 unspecified atom stereocenters. The number of alkyl halides is 2. The summed E-state index contributed by atoms with van der Waals surface area (Å²) < 4.78 is 30.5. The fourth-order valence-corrected chi connectivity index (χ4v) is 2.74. The zero-order chi connectivity index (χ0) is 15.6. The number of aryl methyl sites for hydroxylation is 1. The lowest BCUT2D eigenvalue weighted by Gasteiger charge is -2.40. The van der Waals surface area contributed by atoms with Gasteiger partial charge in [0, 0.05) is 31.2 Å². The largest absolute Gasteiger partial charge is 0.459 e. The molecule has 0 radical (unpaired) electrons. The van der Waals surface area contributed by atoms with Crippen LogP contribution >= 0.6 is 0 Å². The van der Waals surface area contributed by atoms with Gasteiger partial charge in [0.2, 0.25) is 0 Å². The van der Waals surface area contributed by atoms with Crippen molar-refractivity contribution >= 4 is 5.91 Å². The molecule has 6 heteroatoms. The Bertz CT molecular complexity index is 502. The number of piperazine rings is 1. The minimum atomic E-state index is -2.34. The van der Waals surface area contributed by atoms with Crippen molar-refractivity contribution < 1.29 is 18.0 Å². The van der Waals surface area contributed by atoms with E-state index in [1.54, 1.807) is 16.1 Å². The van der Waals surface area contributed by atoms with Crippen LogP contribution in [0, 0.1) is 13.8 Å². The second-order valence-corrected chi connectivity index (χ2v) is 5.57. The lowest BCUT2D eigenvalue weighted by molar-refractivity contribution is 0.0173. The van der Waals surface area contributed by atoms with Gasteiger partial charge in [-0.05, 0) is 25.8 Å². The maximum atomic E-state index is 12.6. The molecule has 1 aliphatic heterocycles. The summed E-state index contributed by atoms with van der Waals surface area (Å²) in [6, 6.07) is -0.0203. The SMILES string of the molecule is CCC1CN(C(=O)c2occ(C)c2C)CCN1CC(F)F. The Balaban J connectivity index is 2.06. The number of hydrogen-bond acceptors (Lipinski definition) is 3. The normalized spacial score (nSPS) is 20.3. The van der Waals surface area contributed by atoms with E-state index in [0.717, 1.165) is 17.5 Å². The Hall–Kier alpha value is -1.43. The van der Waals surface area contributed by atoms with Crippen LogP contribution in [0.2, 0.25) is 0 Å². The summed E-state index contributed by atoms with van der Waals surface area (Å²) in [7, 11) is 0. The first-order valence-corrected chi connectivity index (χ1v) is 7.30. The number of carbonyl (C=O) groups is 1. The highest BCUT2D eigenvalue weighted by molar-refractivity contribution is 5.93. The van der Waals surface area contributed by atoms with Crippen LogP contribution in [-0.2, 0) is 0 Å². The maximum Gasteiger partial charge on any atom is 0.289 e. The van der Waals surface area contributed by atoms with Gasteiger partial charge in [-0.1, -0.05) is 6.92 Å². The third-order valence-electron chi connectivity index (χ3n) is 4.22. The first kappa shape index (κ1) is 15.9. The van der Waals surface area contributed by atoms with Crippen LogP contribution in [0.5, 0.6) is 0 Å². The fourth-order valence-electron chi connectivity index (χ4n) is 2.74. The summed E-state index contributed by atoms with van der Waals surface area (Å²) in [5.41, 5.74) is 1.80. The molecule has 21 heavy (non-hydrogen) atoms. The highest BCUT2D eigenvalue weighted by Crippen LogP contribution is 2.20. The number of rotatable bonds is 4. The molecule has 1 aliphatic rings. The standard InChI is InChI=1S/C15H22F2N2O2/c1-4-12-7-19(6-5-18(12)8-13(16)17)15(20)14-11(3)10(2)9-21-14/h9,12-13H,4-8H2,1-3H3. The van der Waals surface area contributed by atoms with Gasteiger partial charge in [-0.25, -0.2) is 8.78 Å². The zero-order valence-corrected chi connectivity index (χ0v) is 12.7. The molecular formula is C15H22F2N2O2. The molecule has 0 aromatic carbocycles. The molecule has 0 spiro atoms. The van der Waals surface area contributed by atoms with Crippen molar-refractivity contribution in [1.29, 1.82) is 0 Å². The number of amides is 1. The van der Waals surface area contributed by atoms with E-state index < -0.39 is 6.43 Å². The molecule has 1 atom stereocenters. The Morgan fingerprint density at radius 2 is 2.14 bits per heavy atom. The first-order valence-electron chi connectivity index (χ1n) is 7.30. The molecule has 0 N–H and O–H groups in total. The van der Waals surface area contributed by atoms with Crippen molar-refractivity contribution in [3.8, 4) is 0 Å². The summed E-state index contributed by atoms with van der Waals surface area (Å²) in [6.07, 6.45) is -0.0178. The minimum absolute atomic E-state index is 0.0203. The highest BCUT2D eigenvalue weighted by Gasteiger charge is 2.32. The second-order valence-electron chi connectivity index (χ2n) is 5.57. The summed E-state index contributed by atoms with van der Waals surface area (Å²) in [6.45, 7) is 6.90. The van der Waals surface area contributed by atoms with Crippen LogP contribution in [0.1, 0.15) is 35.0 Å². The van der Waals surface area contributed by atoms with Gasteiger partial charge < -0.3 is 9.32 Å². The number of carbonyl (C=O) groups excluding carboxylic acids is 1. The molecule has 1 aromatic rings. The smallest absolute Gasteiger partial charge is 0.289 e. The molecular weight excluding hydrogens is 278 g/mol. The molecule has 2 heterocycles. The van der Waals surface area contributed by atoms with Gasteiger partial charge in [0.25, 0.3) is 12.3 Å². The van der Waals surface area contributed by atoms with Crippen LogP contribution in [0.25, 0.3) is 0 Å². The van der Waals surface area contributed by atoms with Crippen LogP contribution in [0.3, 0.4) is 0 Å². The van der Waals surface area contributed by atoms with Crippen molar-refractivity contribution in [2.24, 2.45) is 0 Å². The van der Waals surface area contributed by atoms with Gasteiger partial charge in [0.15, 0.2) is 5.76 Å². The van der Waals surface area contributed by atoms with Crippen LogP contribution in [0.4, 0.5) is 8.78 Å². The van der Waals surface area contributed by atoms with Gasteiger partial charge in [-0.15, -0.1) is 0 Å². The molecule has 118 valence electrons. The van der Waals surface area contributed by atoms with Crippen LogP contribution in [0.15, 0.2) is 10.7 Å². The van der Waals surface area contributed by atoms with E-state index in [4.69, 9.17) is 4.42 Å². The average Bonchev–Trinajstić information content (AvgIpc) is 2.78. The maximum absolute atomic E-state index is 12.6. The number of halogens is 2. The van der Waals surface area contributed by atoms with Crippen LogP contribution < -0.4 is 0 Å². The molecule has 0 aliphatic carbocycles. The van der Waals surface area contributed by atoms with E-state index in [1.165, 1.54) is 0 Å². The summed E-state index contributed by atoms with van der Waals surface area (Å²) in [5.74, 6) is 0.223. The minimum Gasteiger partial charge on any atom is -0.459 e. The monoisotopic (exact) mass is 300 g/mol. The van der Waals surface area contributed by atoms with Gasteiger partial charge in [-0.2, -0.15) is 0 Å². The zero-order valence-electron chi connectivity index (χ0n) is 12.7. The average molecular weight is 300 g/mol. The predicted octanol–water partition coefficient (Wildman–Crippen LogP) is 2.70. The Kier molecular flexibility index (Phi) is 4.98. The molecule has 2 rings (SSSR count). The molecule has 1 amide bonds. The van der Waals surface area contributed by atoms with Crippen molar-refractivity contribution in [1.82, 2.24) is 9.80 Å². The second kappa shape index (κ2) is 6.56. The van der Waals surface area contributed by atoms with Crippen molar-refractivity contribution in [3.05, 3.63) is 23.2 Å². The van der Waals surface area contributed by atoms with Gasteiger partial charge in [0.1, 0.15) is 0 Å². The highest BCUT2D eigenvalue weighted by atomic mass is 19.3. The number of nitrogens with zero attached hydrogens (tertiary/aromatic N) is 2. The summed E-state index contributed by atoms with van der Waals surface area (Å²) in [4.78, 5) is 16.0. The molecule has 1 aromatic heterocycles. The Morgan fingerprint density at radius 1 is 1.43 bits per heavy atom. The van der Waals surface area contributed by atoms with Gasteiger partial charge >= 0.3 is 0 Å². The van der Waals surface area contributed by atoms with Crippen molar-refractivity contribution in [2.45, 2.75) is 39.7 Å². The van der Waals surface area contributed by atoms with Gasteiger partial charge in [0.05, 0.1) is 12.8 Å². The van der Waals surface area contributed by atoms with E-state index in [1.807, 2.05) is 20.8 Å². The van der Waals surface area contributed by atoms with Crippen molar-refractivity contribution in [3.63, 3.8) is 0 Å². The van der Waals surface area contributed by atoms with E-state index in [2.05, 4.69) is 0 Å². The summed E-state index contributed by atoms with van der Waals surface area (Å²) >= 11 is 0. The lowest BCUT2D eigenvalue weighted by Crippen LogP contribution is -2.55. The molecule has 0 bridgehead atoms. The molecule has 4 nitrogen and oxygen atoms in total. The van der Waals surface area contributed by atoms with E-state index in [9.17, 15) is 13.6 Å². The summed E-state index contributed by atoms with van der Waals surface area (Å²) in [5, 5.41) is 0. The fraction of sp³-hybridized carbons (Fsp3) is 0.667. The topological polar surface area (TPSA) is 36.7 Å². The molecule has 1 saturated heterocycles. The Labute approximate surface area is 123 Å². The van der Waals surface area contributed by atoms with Gasteiger partial charge in [-0.3, -0.25) is 9.69 Å².